The SMILES string of the molecule is CS(=O)(=O)CCC(CBr)c1cccc(F)c1. The summed E-state index contributed by atoms with van der Waals surface area (Å²) in [6.45, 7) is 0. The van der Waals surface area contributed by atoms with Crippen LogP contribution in [0.1, 0.15) is 17.9 Å². The molecule has 0 aromatic heterocycles. The zero-order valence-electron chi connectivity index (χ0n) is 8.99. The molecule has 0 bridgehead atoms. The molecule has 0 saturated heterocycles. The van der Waals surface area contributed by atoms with E-state index in [4.69, 9.17) is 0 Å². The van der Waals surface area contributed by atoms with E-state index in [9.17, 15) is 12.8 Å². The molecule has 0 N–H and O–H groups in total. The molecule has 5 heteroatoms. The van der Waals surface area contributed by atoms with E-state index in [0.717, 1.165) is 5.56 Å². The molecule has 0 aliphatic rings. The number of alkyl halides is 1. The number of halogens is 2. The third-order valence-corrected chi connectivity index (χ3v) is 4.10. The summed E-state index contributed by atoms with van der Waals surface area (Å²) in [4.78, 5) is 0. The van der Waals surface area contributed by atoms with Crippen molar-refractivity contribution in [2.75, 3.05) is 17.3 Å². The van der Waals surface area contributed by atoms with E-state index in [0.29, 0.717) is 11.8 Å². The molecule has 0 amide bonds. The van der Waals surface area contributed by atoms with Crippen LogP contribution >= 0.6 is 15.9 Å². The highest BCUT2D eigenvalue weighted by Gasteiger charge is 2.13. The van der Waals surface area contributed by atoms with Crippen LogP contribution in [0.25, 0.3) is 0 Å². The van der Waals surface area contributed by atoms with Gasteiger partial charge in [0.1, 0.15) is 15.7 Å². The first-order valence-corrected chi connectivity index (χ1v) is 8.10. The van der Waals surface area contributed by atoms with Crippen LogP contribution in [0.15, 0.2) is 24.3 Å². The summed E-state index contributed by atoms with van der Waals surface area (Å²) >= 11 is 3.33. The van der Waals surface area contributed by atoms with Crippen molar-refractivity contribution in [1.82, 2.24) is 0 Å². The smallest absolute Gasteiger partial charge is 0.147 e. The third-order valence-electron chi connectivity index (χ3n) is 2.34. The van der Waals surface area contributed by atoms with Gasteiger partial charge in [0.15, 0.2) is 0 Å². The first-order chi connectivity index (χ1) is 7.42. The van der Waals surface area contributed by atoms with Gasteiger partial charge >= 0.3 is 0 Å². The number of sulfone groups is 1. The summed E-state index contributed by atoms with van der Waals surface area (Å²) in [5.41, 5.74) is 0.834. The molecule has 0 heterocycles. The van der Waals surface area contributed by atoms with E-state index < -0.39 is 9.84 Å². The largest absolute Gasteiger partial charge is 0.229 e. The van der Waals surface area contributed by atoms with Gasteiger partial charge in [0, 0.05) is 11.6 Å². The van der Waals surface area contributed by atoms with Crippen molar-refractivity contribution in [1.29, 1.82) is 0 Å². The van der Waals surface area contributed by atoms with Gasteiger partial charge in [0.25, 0.3) is 0 Å². The van der Waals surface area contributed by atoms with E-state index in [1.807, 2.05) is 6.07 Å². The lowest BCUT2D eigenvalue weighted by molar-refractivity contribution is 0.594. The Morgan fingerprint density at radius 1 is 1.44 bits per heavy atom. The first-order valence-electron chi connectivity index (χ1n) is 4.91. The van der Waals surface area contributed by atoms with Crippen LogP contribution in [0, 0.1) is 5.82 Å². The van der Waals surface area contributed by atoms with Gasteiger partial charge in [-0.25, -0.2) is 12.8 Å². The van der Waals surface area contributed by atoms with Gasteiger partial charge in [-0.3, -0.25) is 0 Å². The molecular formula is C11H14BrFO2S. The summed E-state index contributed by atoms with van der Waals surface area (Å²) < 4.78 is 35.1. The molecule has 90 valence electrons. The van der Waals surface area contributed by atoms with Gasteiger partial charge in [-0.2, -0.15) is 0 Å². The quantitative estimate of drug-likeness (QED) is 0.784. The fraction of sp³-hybridized carbons (Fsp3) is 0.455. The van der Waals surface area contributed by atoms with Gasteiger partial charge in [-0.15, -0.1) is 0 Å². The van der Waals surface area contributed by atoms with Crippen LogP contribution in [0.4, 0.5) is 4.39 Å². The van der Waals surface area contributed by atoms with Gasteiger partial charge < -0.3 is 0 Å². The average Bonchev–Trinajstić information content (AvgIpc) is 2.17. The van der Waals surface area contributed by atoms with Crippen molar-refractivity contribution < 1.29 is 12.8 Å². The Bertz CT molecular complexity index is 445. The van der Waals surface area contributed by atoms with Crippen molar-refractivity contribution >= 4 is 25.8 Å². The van der Waals surface area contributed by atoms with Crippen LogP contribution in [0.5, 0.6) is 0 Å². The van der Waals surface area contributed by atoms with E-state index >= 15 is 0 Å². The van der Waals surface area contributed by atoms with Gasteiger partial charge in [0.2, 0.25) is 0 Å². The minimum absolute atomic E-state index is 0.0328. The summed E-state index contributed by atoms with van der Waals surface area (Å²) in [7, 11) is -2.96. The van der Waals surface area contributed by atoms with Crippen LogP contribution in [-0.2, 0) is 9.84 Å². The van der Waals surface area contributed by atoms with Crippen molar-refractivity contribution in [2.24, 2.45) is 0 Å². The van der Waals surface area contributed by atoms with Crippen molar-refractivity contribution in [3.63, 3.8) is 0 Å². The average molecular weight is 309 g/mol. The summed E-state index contributed by atoms with van der Waals surface area (Å²) in [5.74, 6) is -0.131. The van der Waals surface area contributed by atoms with Crippen LogP contribution in [0.3, 0.4) is 0 Å². The topological polar surface area (TPSA) is 34.1 Å². The van der Waals surface area contributed by atoms with E-state index in [1.54, 1.807) is 6.07 Å². The molecule has 0 aliphatic heterocycles. The maximum Gasteiger partial charge on any atom is 0.147 e. The van der Waals surface area contributed by atoms with Crippen LogP contribution < -0.4 is 0 Å². The highest BCUT2D eigenvalue weighted by molar-refractivity contribution is 9.09. The van der Waals surface area contributed by atoms with Crippen molar-refractivity contribution in [3.05, 3.63) is 35.6 Å². The monoisotopic (exact) mass is 308 g/mol. The van der Waals surface area contributed by atoms with Crippen LogP contribution in [0.2, 0.25) is 0 Å². The predicted octanol–water partition coefficient (Wildman–Crippen LogP) is 2.74. The van der Waals surface area contributed by atoms with Crippen LogP contribution in [-0.4, -0.2) is 25.8 Å². The number of rotatable bonds is 5. The second-order valence-electron chi connectivity index (χ2n) is 3.82. The lowest BCUT2D eigenvalue weighted by Crippen LogP contribution is -2.10. The molecule has 0 radical (unpaired) electrons. The number of benzene rings is 1. The minimum Gasteiger partial charge on any atom is -0.229 e. The van der Waals surface area contributed by atoms with E-state index in [1.165, 1.54) is 18.4 Å². The standard InChI is InChI=1S/C11H14BrFO2S/c1-16(14,15)6-5-10(8-12)9-3-2-4-11(13)7-9/h2-4,7,10H,5-6,8H2,1H3. The summed E-state index contributed by atoms with van der Waals surface area (Å²) in [6.07, 6.45) is 1.72. The highest BCUT2D eigenvalue weighted by atomic mass is 79.9. The Balaban J connectivity index is 2.75. The predicted molar refractivity (Wildman–Crippen MR) is 67.3 cm³/mol. The molecule has 1 unspecified atom stereocenters. The Morgan fingerprint density at radius 2 is 2.12 bits per heavy atom. The normalized spacial score (nSPS) is 13.7. The van der Waals surface area contributed by atoms with Crippen molar-refractivity contribution in [2.45, 2.75) is 12.3 Å². The molecule has 0 fully saturated rings. The second-order valence-corrected chi connectivity index (χ2v) is 6.73. The molecule has 1 aromatic rings. The van der Waals surface area contributed by atoms with E-state index in [2.05, 4.69) is 15.9 Å². The second kappa shape index (κ2) is 5.77. The Kier molecular flexibility index (Phi) is 4.92. The molecule has 0 spiro atoms. The maximum absolute atomic E-state index is 13.0. The number of hydrogen-bond donors (Lipinski definition) is 0. The Hall–Kier alpha value is -0.420. The van der Waals surface area contributed by atoms with Gasteiger partial charge in [0.05, 0.1) is 5.75 Å². The fourth-order valence-corrected chi connectivity index (χ4v) is 2.86. The number of hydrogen-bond acceptors (Lipinski definition) is 2. The molecule has 1 atom stereocenters. The molecule has 16 heavy (non-hydrogen) atoms. The lowest BCUT2D eigenvalue weighted by atomic mass is 9.99. The van der Waals surface area contributed by atoms with E-state index in [-0.39, 0.29) is 17.5 Å². The summed E-state index contributed by atoms with van der Waals surface area (Å²) in [5, 5.41) is 0.631. The summed E-state index contributed by atoms with van der Waals surface area (Å²) in [6, 6.07) is 6.29. The highest BCUT2D eigenvalue weighted by Crippen LogP contribution is 2.23. The van der Waals surface area contributed by atoms with Crippen molar-refractivity contribution in [3.8, 4) is 0 Å². The molecular weight excluding hydrogens is 295 g/mol. The third kappa shape index (κ3) is 4.61. The first kappa shape index (κ1) is 13.6. The fourth-order valence-electron chi connectivity index (χ4n) is 1.45. The molecule has 1 aromatic carbocycles. The molecule has 0 saturated carbocycles. The Labute approximate surface area is 104 Å². The zero-order chi connectivity index (χ0) is 12.2. The minimum atomic E-state index is -2.96. The van der Waals surface area contributed by atoms with Gasteiger partial charge in [-0.1, -0.05) is 28.1 Å². The molecule has 0 aliphatic carbocycles. The van der Waals surface area contributed by atoms with Gasteiger partial charge in [-0.05, 0) is 30.0 Å². The molecule has 2 nitrogen and oxygen atoms in total. The Morgan fingerprint density at radius 3 is 2.62 bits per heavy atom. The maximum atomic E-state index is 13.0. The lowest BCUT2D eigenvalue weighted by Gasteiger charge is -2.13. The zero-order valence-corrected chi connectivity index (χ0v) is 11.4. The molecule has 1 rings (SSSR count).